The molecule has 4 nitrogen and oxygen atoms in total. The van der Waals surface area contributed by atoms with Gasteiger partial charge in [0.15, 0.2) is 0 Å². The summed E-state index contributed by atoms with van der Waals surface area (Å²) in [5, 5.41) is 0. The first-order valence-electron chi connectivity index (χ1n) is 4.61. The summed E-state index contributed by atoms with van der Waals surface area (Å²) in [6.07, 6.45) is 0.247. The molecule has 1 aromatic rings. The predicted octanol–water partition coefficient (Wildman–Crippen LogP) is 1.46. The summed E-state index contributed by atoms with van der Waals surface area (Å²) in [4.78, 5) is 13.8. The normalized spacial score (nSPS) is 11.5. The number of nitrogens with zero attached hydrogens (tertiary/aromatic N) is 2. The summed E-state index contributed by atoms with van der Waals surface area (Å²) in [5.41, 5.74) is 9.16. The molecule has 0 aliphatic carbocycles. The Morgan fingerprint density at radius 3 is 2.80 bits per heavy atom. The van der Waals surface area contributed by atoms with Crippen LogP contribution in [0.1, 0.15) is 12.5 Å². The van der Waals surface area contributed by atoms with Gasteiger partial charge in [-0.2, -0.15) is 4.79 Å². The summed E-state index contributed by atoms with van der Waals surface area (Å²) in [7, 11) is 0. The van der Waals surface area contributed by atoms with Gasteiger partial charge in [0.05, 0.1) is 6.61 Å². The molecule has 0 spiro atoms. The summed E-state index contributed by atoms with van der Waals surface area (Å²) in [6.45, 7) is 1.99. The van der Waals surface area contributed by atoms with E-state index in [0.717, 1.165) is 11.8 Å². The van der Waals surface area contributed by atoms with Crippen molar-refractivity contribution in [1.29, 1.82) is 0 Å². The van der Waals surface area contributed by atoms with Crippen LogP contribution in [0.25, 0.3) is 5.53 Å². The fourth-order valence-corrected chi connectivity index (χ4v) is 1.04. The Hall–Kier alpha value is -1.77. The van der Waals surface area contributed by atoms with Crippen LogP contribution in [0.5, 0.6) is 0 Å². The molecule has 0 saturated heterocycles. The average molecular weight is 204 g/mol. The number of Topliss-reactive ketones (excluding diaryl/α,β-unsaturated/α-hetero) is 1. The smallest absolute Gasteiger partial charge is 0.325 e. The van der Waals surface area contributed by atoms with E-state index in [1.807, 2.05) is 30.3 Å². The Labute approximate surface area is 88.1 Å². The number of ether oxygens (including phenoxy) is 1. The summed E-state index contributed by atoms with van der Waals surface area (Å²) in [5.74, 6) is -0.353. The second-order valence-electron chi connectivity index (χ2n) is 3.09. The van der Waals surface area contributed by atoms with Crippen molar-refractivity contribution in [3.63, 3.8) is 0 Å². The predicted molar refractivity (Wildman–Crippen MR) is 55.4 cm³/mol. The highest BCUT2D eigenvalue weighted by Gasteiger charge is 2.14. The lowest BCUT2D eigenvalue weighted by Crippen LogP contribution is -2.21. The fourth-order valence-electron chi connectivity index (χ4n) is 1.04. The molecule has 0 fully saturated rings. The van der Waals surface area contributed by atoms with Crippen LogP contribution in [0.3, 0.4) is 0 Å². The zero-order valence-corrected chi connectivity index (χ0v) is 8.46. The van der Waals surface area contributed by atoms with E-state index >= 15 is 0 Å². The SMILES string of the molecule is CC(OCc1ccccc1)C(=O)C=[N+]=[N-]. The maximum atomic E-state index is 11.1. The maximum Gasteiger partial charge on any atom is 0.325 e. The van der Waals surface area contributed by atoms with Crippen LogP contribution in [0.15, 0.2) is 30.3 Å². The lowest BCUT2D eigenvalue weighted by Gasteiger charge is -2.07. The highest BCUT2D eigenvalue weighted by molar-refractivity contribution is 6.27. The van der Waals surface area contributed by atoms with Crippen molar-refractivity contribution < 1.29 is 14.3 Å². The molecule has 0 amide bonds. The van der Waals surface area contributed by atoms with E-state index in [2.05, 4.69) is 4.79 Å². The molecule has 0 radical (unpaired) electrons. The van der Waals surface area contributed by atoms with Gasteiger partial charge < -0.3 is 10.3 Å². The molecule has 15 heavy (non-hydrogen) atoms. The monoisotopic (exact) mass is 204 g/mol. The summed E-state index contributed by atoms with van der Waals surface area (Å²) in [6, 6.07) is 9.55. The summed E-state index contributed by atoms with van der Waals surface area (Å²) < 4.78 is 5.29. The molecule has 0 bridgehead atoms. The zero-order chi connectivity index (χ0) is 11.1. The average Bonchev–Trinajstić information content (AvgIpc) is 2.27. The van der Waals surface area contributed by atoms with E-state index in [9.17, 15) is 4.79 Å². The second-order valence-corrected chi connectivity index (χ2v) is 3.09. The molecule has 0 N–H and O–H groups in total. The minimum atomic E-state index is -0.596. The Morgan fingerprint density at radius 1 is 1.53 bits per heavy atom. The molecule has 0 saturated carbocycles. The first-order chi connectivity index (χ1) is 7.24. The minimum Gasteiger partial charge on any atom is -0.365 e. The molecule has 1 rings (SSSR count). The van der Waals surface area contributed by atoms with Gasteiger partial charge in [-0.3, -0.25) is 4.79 Å². The molecule has 0 heterocycles. The Morgan fingerprint density at radius 2 is 2.20 bits per heavy atom. The second kappa shape index (κ2) is 5.86. The third-order valence-electron chi connectivity index (χ3n) is 1.93. The van der Waals surface area contributed by atoms with Gasteiger partial charge in [0, 0.05) is 0 Å². The van der Waals surface area contributed by atoms with E-state index in [0.29, 0.717) is 6.61 Å². The van der Waals surface area contributed by atoms with Crippen LogP contribution in [0.2, 0.25) is 0 Å². The van der Waals surface area contributed by atoms with Crippen molar-refractivity contribution in [2.45, 2.75) is 19.6 Å². The fraction of sp³-hybridized carbons (Fsp3) is 0.273. The summed E-state index contributed by atoms with van der Waals surface area (Å²) >= 11 is 0. The van der Waals surface area contributed by atoms with E-state index in [1.165, 1.54) is 0 Å². The number of carbonyl (C=O) groups excluding carboxylic acids is 1. The van der Waals surface area contributed by atoms with Crippen LogP contribution < -0.4 is 0 Å². The molecular formula is C11H12N2O2. The molecular weight excluding hydrogens is 192 g/mol. The molecule has 0 aliphatic rings. The van der Waals surface area contributed by atoms with Gasteiger partial charge >= 0.3 is 6.21 Å². The van der Waals surface area contributed by atoms with E-state index in [-0.39, 0.29) is 5.78 Å². The largest absolute Gasteiger partial charge is 0.365 e. The Balaban J connectivity index is 2.44. The van der Waals surface area contributed by atoms with Crippen molar-refractivity contribution >= 4 is 12.0 Å². The Kier molecular flexibility index (Phi) is 4.41. The van der Waals surface area contributed by atoms with Crippen molar-refractivity contribution in [3.05, 3.63) is 41.4 Å². The van der Waals surface area contributed by atoms with Gasteiger partial charge in [-0.25, -0.2) is 0 Å². The van der Waals surface area contributed by atoms with Gasteiger partial charge in [0.2, 0.25) is 0 Å². The van der Waals surface area contributed by atoms with Gasteiger partial charge in [0.1, 0.15) is 6.10 Å². The van der Waals surface area contributed by atoms with Gasteiger partial charge in [-0.1, -0.05) is 30.3 Å². The van der Waals surface area contributed by atoms with E-state index < -0.39 is 6.10 Å². The van der Waals surface area contributed by atoms with E-state index in [4.69, 9.17) is 10.3 Å². The molecule has 78 valence electrons. The minimum absolute atomic E-state index is 0.353. The maximum absolute atomic E-state index is 11.1. The number of benzene rings is 1. The van der Waals surface area contributed by atoms with Gasteiger partial charge in [0.25, 0.3) is 5.78 Å². The van der Waals surface area contributed by atoms with Crippen LogP contribution in [0.4, 0.5) is 0 Å². The van der Waals surface area contributed by atoms with Crippen LogP contribution in [-0.4, -0.2) is 22.9 Å². The zero-order valence-electron chi connectivity index (χ0n) is 8.46. The number of rotatable bonds is 5. The first-order valence-corrected chi connectivity index (χ1v) is 4.61. The van der Waals surface area contributed by atoms with Crippen molar-refractivity contribution in [2.24, 2.45) is 0 Å². The third-order valence-corrected chi connectivity index (χ3v) is 1.93. The van der Waals surface area contributed by atoms with Crippen molar-refractivity contribution in [1.82, 2.24) is 0 Å². The van der Waals surface area contributed by atoms with Crippen LogP contribution >= 0.6 is 0 Å². The number of hydrogen-bond donors (Lipinski definition) is 0. The van der Waals surface area contributed by atoms with Gasteiger partial charge in [-0.05, 0) is 12.5 Å². The molecule has 0 aromatic heterocycles. The first kappa shape index (κ1) is 11.3. The number of ketones is 1. The van der Waals surface area contributed by atoms with Crippen LogP contribution in [0, 0.1) is 0 Å². The van der Waals surface area contributed by atoms with Crippen molar-refractivity contribution in [3.8, 4) is 0 Å². The number of carbonyl (C=O) groups is 1. The third kappa shape index (κ3) is 3.85. The molecule has 4 heteroatoms. The Bertz CT molecular complexity index is 369. The molecule has 1 aromatic carbocycles. The van der Waals surface area contributed by atoms with Crippen molar-refractivity contribution in [2.75, 3.05) is 0 Å². The number of hydrogen-bond acceptors (Lipinski definition) is 2. The molecule has 1 unspecified atom stereocenters. The highest BCUT2D eigenvalue weighted by Crippen LogP contribution is 2.03. The lowest BCUT2D eigenvalue weighted by atomic mass is 10.2. The quantitative estimate of drug-likeness (QED) is 0.414. The lowest BCUT2D eigenvalue weighted by molar-refractivity contribution is -0.126. The highest BCUT2D eigenvalue weighted by atomic mass is 16.5. The van der Waals surface area contributed by atoms with E-state index in [1.54, 1.807) is 6.92 Å². The van der Waals surface area contributed by atoms with Crippen LogP contribution in [-0.2, 0) is 16.1 Å². The van der Waals surface area contributed by atoms with Gasteiger partial charge in [-0.15, -0.1) is 0 Å². The molecule has 0 aliphatic heterocycles. The standard InChI is InChI=1S/C11H12N2O2/c1-9(11(14)7-13-12)15-8-10-5-3-2-4-6-10/h2-7,9H,8H2,1H3. The topological polar surface area (TPSA) is 62.7 Å². The molecule has 1 atom stereocenters.